The molecule has 1 saturated heterocycles. The SMILES string of the molecule is CC(C)C1(Cc2cncc(Br)c2)CCC(=O)N1. The zero-order chi connectivity index (χ0) is 12.5. The van der Waals surface area contributed by atoms with Gasteiger partial charge in [0.2, 0.25) is 5.91 Å². The van der Waals surface area contributed by atoms with Crippen LogP contribution in [0.15, 0.2) is 22.9 Å². The molecule has 1 aromatic heterocycles. The summed E-state index contributed by atoms with van der Waals surface area (Å²) in [6.45, 7) is 4.33. The van der Waals surface area contributed by atoms with Crippen LogP contribution >= 0.6 is 15.9 Å². The van der Waals surface area contributed by atoms with Gasteiger partial charge in [0.05, 0.1) is 0 Å². The number of hydrogen-bond donors (Lipinski definition) is 1. The summed E-state index contributed by atoms with van der Waals surface area (Å²) in [4.78, 5) is 15.7. The molecule has 3 nitrogen and oxygen atoms in total. The fourth-order valence-electron chi connectivity index (χ4n) is 2.43. The van der Waals surface area contributed by atoms with E-state index >= 15 is 0 Å². The standard InChI is InChI=1S/C13H17BrN2O/c1-9(2)13(4-3-12(17)16-13)6-10-5-11(14)8-15-7-10/h5,7-9H,3-4,6H2,1-2H3,(H,16,17). The van der Waals surface area contributed by atoms with Crippen LogP contribution in [0.2, 0.25) is 0 Å². The van der Waals surface area contributed by atoms with Crippen LogP contribution in [0.25, 0.3) is 0 Å². The van der Waals surface area contributed by atoms with E-state index < -0.39 is 0 Å². The van der Waals surface area contributed by atoms with Crippen LogP contribution in [0.5, 0.6) is 0 Å². The lowest BCUT2D eigenvalue weighted by Gasteiger charge is -2.33. The monoisotopic (exact) mass is 296 g/mol. The summed E-state index contributed by atoms with van der Waals surface area (Å²) in [5.74, 6) is 0.592. The van der Waals surface area contributed by atoms with Gasteiger partial charge in [-0.1, -0.05) is 13.8 Å². The molecule has 1 N–H and O–H groups in total. The van der Waals surface area contributed by atoms with Gasteiger partial charge in [-0.2, -0.15) is 0 Å². The third-order valence-corrected chi connectivity index (χ3v) is 4.01. The first-order chi connectivity index (χ1) is 8.02. The molecule has 0 aliphatic carbocycles. The number of aromatic nitrogens is 1. The van der Waals surface area contributed by atoms with E-state index in [1.165, 1.54) is 0 Å². The average molecular weight is 297 g/mol. The Bertz CT molecular complexity index is 433. The average Bonchev–Trinajstić information content (AvgIpc) is 2.61. The van der Waals surface area contributed by atoms with Crippen LogP contribution in [0.4, 0.5) is 0 Å². The molecule has 1 unspecified atom stereocenters. The molecule has 92 valence electrons. The van der Waals surface area contributed by atoms with Gasteiger partial charge < -0.3 is 5.32 Å². The van der Waals surface area contributed by atoms with Crippen LogP contribution in [0, 0.1) is 5.92 Å². The molecule has 0 bridgehead atoms. The Kier molecular flexibility index (Phi) is 3.52. The number of pyridine rings is 1. The number of halogens is 1. The molecule has 17 heavy (non-hydrogen) atoms. The van der Waals surface area contributed by atoms with E-state index in [1.807, 2.05) is 6.20 Å². The Hall–Kier alpha value is -0.900. The van der Waals surface area contributed by atoms with Crippen LogP contribution in [-0.4, -0.2) is 16.4 Å². The number of amides is 1. The molecule has 1 aromatic rings. The minimum Gasteiger partial charge on any atom is -0.350 e. The Labute approximate surface area is 110 Å². The Morgan fingerprint density at radius 3 is 2.82 bits per heavy atom. The summed E-state index contributed by atoms with van der Waals surface area (Å²) >= 11 is 3.43. The molecule has 1 aliphatic rings. The van der Waals surface area contributed by atoms with Crippen molar-refractivity contribution in [3.05, 3.63) is 28.5 Å². The summed E-state index contributed by atoms with van der Waals surface area (Å²) in [5.41, 5.74) is 1.06. The molecular formula is C13H17BrN2O. The van der Waals surface area contributed by atoms with Crippen LogP contribution in [-0.2, 0) is 11.2 Å². The van der Waals surface area contributed by atoms with Crippen molar-refractivity contribution in [2.45, 2.75) is 38.6 Å². The maximum absolute atomic E-state index is 11.5. The van der Waals surface area contributed by atoms with E-state index in [2.05, 4.69) is 46.1 Å². The quantitative estimate of drug-likeness (QED) is 0.932. The highest BCUT2D eigenvalue weighted by Crippen LogP contribution is 2.32. The predicted octanol–water partition coefficient (Wildman–Crippen LogP) is 2.69. The van der Waals surface area contributed by atoms with Gasteiger partial charge in [-0.05, 0) is 46.3 Å². The molecular weight excluding hydrogens is 280 g/mol. The van der Waals surface area contributed by atoms with Crippen molar-refractivity contribution >= 4 is 21.8 Å². The normalized spacial score (nSPS) is 24.1. The molecule has 0 saturated carbocycles. The maximum atomic E-state index is 11.5. The summed E-state index contributed by atoms with van der Waals surface area (Å²) in [7, 11) is 0. The minimum absolute atomic E-state index is 0.0977. The van der Waals surface area contributed by atoms with Crippen LogP contribution in [0.1, 0.15) is 32.3 Å². The lowest BCUT2D eigenvalue weighted by atomic mass is 9.80. The molecule has 1 atom stereocenters. The number of rotatable bonds is 3. The minimum atomic E-state index is -0.0977. The first-order valence-corrected chi connectivity index (χ1v) is 6.71. The third kappa shape index (κ3) is 2.68. The van der Waals surface area contributed by atoms with Crippen molar-refractivity contribution in [2.24, 2.45) is 5.92 Å². The highest BCUT2D eigenvalue weighted by molar-refractivity contribution is 9.10. The number of nitrogens with one attached hydrogen (secondary N) is 1. The first-order valence-electron chi connectivity index (χ1n) is 5.92. The van der Waals surface area contributed by atoms with Gasteiger partial charge >= 0.3 is 0 Å². The molecule has 0 aromatic carbocycles. The Balaban J connectivity index is 2.22. The van der Waals surface area contributed by atoms with Crippen molar-refractivity contribution < 1.29 is 4.79 Å². The topological polar surface area (TPSA) is 42.0 Å². The van der Waals surface area contributed by atoms with Gasteiger partial charge in [-0.25, -0.2) is 0 Å². The van der Waals surface area contributed by atoms with Crippen molar-refractivity contribution in [3.8, 4) is 0 Å². The van der Waals surface area contributed by atoms with E-state index in [9.17, 15) is 4.79 Å². The maximum Gasteiger partial charge on any atom is 0.220 e. The van der Waals surface area contributed by atoms with Crippen LogP contribution < -0.4 is 5.32 Å². The molecule has 1 amide bonds. The van der Waals surface area contributed by atoms with Gasteiger partial charge in [-0.3, -0.25) is 9.78 Å². The Morgan fingerprint density at radius 1 is 1.53 bits per heavy atom. The van der Waals surface area contributed by atoms with Crippen molar-refractivity contribution in [2.75, 3.05) is 0 Å². The number of nitrogens with zero attached hydrogens (tertiary/aromatic N) is 1. The van der Waals surface area contributed by atoms with E-state index in [0.29, 0.717) is 12.3 Å². The summed E-state index contributed by atoms with van der Waals surface area (Å²) in [6.07, 6.45) is 6.05. The lowest BCUT2D eigenvalue weighted by Crippen LogP contribution is -2.48. The number of carbonyl (C=O) groups excluding carboxylic acids is 1. The fourth-order valence-corrected chi connectivity index (χ4v) is 2.84. The molecule has 2 rings (SSSR count). The number of hydrogen-bond acceptors (Lipinski definition) is 2. The van der Waals surface area contributed by atoms with E-state index in [0.717, 1.165) is 22.9 Å². The molecule has 1 fully saturated rings. The summed E-state index contributed by atoms with van der Waals surface area (Å²) < 4.78 is 0.984. The zero-order valence-corrected chi connectivity index (χ0v) is 11.8. The Morgan fingerprint density at radius 2 is 2.29 bits per heavy atom. The van der Waals surface area contributed by atoms with Gasteiger partial charge in [-0.15, -0.1) is 0 Å². The summed E-state index contributed by atoms with van der Waals surface area (Å²) in [6, 6.07) is 2.07. The van der Waals surface area contributed by atoms with Crippen molar-refractivity contribution in [1.82, 2.24) is 10.3 Å². The van der Waals surface area contributed by atoms with E-state index in [4.69, 9.17) is 0 Å². The first kappa shape index (κ1) is 12.6. The second kappa shape index (κ2) is 4.77. The molecule has 4 heteroatoms. The van der Waals surface area contributed by atoms with Crippen molar-refractivity contribution in [3.63, 3.8) is 0 Å². The summed E-state index contributed by atoms with van der Waals surface area (Å²) in [5, 5.41) is 3.15. The molecule has 0 spiro atoms. The largest absolute Gasteiger partial charge is 0.350 e. The fraction of sp³-hybridized carbons (Fsp3) is 0.538. The van der Waals surface area contributed by atoms with E-state index in [1.54, 1.807) is 6.20 Å². The van der Waals surface area contributed by atoms with Gasteiger partial charge in [0.15, 0.2) is 0 Å². The highest BCUT2D eigenvalue weighted by Gasteiger charge is 2.40. The predicted molar refractivity (Wildman–Crippen MR) is 70.6 cm³/mol. The number of carbonyl (C=O) groups is 1. The lowest BCUT2D eigenvalue weighted by molar-refractivity contribution is -0.120. The molecule has 2 heterocycles. The highest BCUT2D eigenvalue weighted by atomic mass is 79.9. The van der Waals surface area contributed by atoms with Gasteiger partial charge in [0, 0.05) is 28.8 Å². The van der Waals surface area contributed by atoms with Crippen molar-refractivity contribution in [1.29, 1.82) is 0 Å². The second-order valence-corrected chi connectivity index (χ2v) is 5.96. The molecule has 1 aliphatic heterocycles. The molecule has 0 radical (unpaired) electrons. The third-order valence-electron chi connectivity index (χ3n) is 3.57. The van der Waals surface area contributed by atoms with E-state index in [-0.39, 0.29) is 11.4 Å². The second-order valence-electron chi connectivity index (χ2n) is 5.05. The van der Waals surface area contributed by atoms with Crippen LogP contribution in [0.3, 0.4) is 0 Å². The van der Waals surface area contributed by atoms with Gasteiger partial charge in [0.25, 0.3) is 0 Å². The smallest absolute Gasteiger partial charge is 0.220 e. The van der Waals surface area contributed by atoms with Gasteiger partial charge in [0.1, 0.15) is 0 Å². The zero-order valence-electron chi connectivity index (χ0n) is 10.2.